The molecule has 20 heavy (non-hydrogen) atoms. The Kier molecular flexibility index (Phi) is 5.40. The maximum absolute atomic E-state index is 10.1. The van der Waals surface area contributed by atoms with Crippen LogP contribution in [0, 0.1) is 6.92 Å². The molecule has 0 saturated carbocycles. The monoisotopic (exact) mass is 279 g/mol. The molecule has 3 atom stereocenters. The van der Waals surface area contributed by atoms with Gasteiger partial charge in [-0.2, -0.15) is 0 Å². The van der Waals surface area contributed by atoms with Crippen LogP contribution in [-0.4, -0.2) is 54.6 Å². The summed E-state index contributed by atoms with van der Waals surface area (Å²) >= 11 is 0. The lowest BCUT2D eigenvalue weighted by atomic mass is 10.2. The summed E-state index contributed by atoms with van der Waals surface area (Å²) < 4.78 is 11.4. The SMILES string of the molecule is Cc1ccccc1OC[C@H](O)CN1C[C@@H](C)O[C@H](C)C1. The zero-order valence-electron chi connectivity index (χ0n) is 12.6. The Hall–Kier alpha value is -1.10. The van der Waals surface area contributed by atoms with Crippen LogP contribution in [0.5, 0.6) is 5.75 Å². The van der Waals surface area contributed by atoms with Gasteiger partial charge in [-0.15, -0.1) is 0 Å². The van der Waals surface area contributed by atoms with Gasteiger partial charge in [-0.25, -0.2) is 0 Å². The zero-order valence-corrected chi connectivity index (χ0v) is 12.6. The van der Waals surface area contributed by atoms with E-state index in [2.05, 4.69) is 18.7 Å². The standard InChI is InChI=1S/C16H25NO3/c1-12-6-4-5-7-16(12)19-11-15(18)10-17-8-13(2)20-14(3)9-17/h4-7,13-15,18H,8-11H2,1-3H3/t13-,14-,15-/m1/s1. The highest BCUT2D eigenvalue weighted by Crippen LogP contribution is 2.17. The number of aliphatic hydroxyl groups excluding tert-OH is 1. The lowest BCUT2D eigenvalue weighted by Crippen LogP contribution is -2.48. The van der Waals surface area contributed by atoms with Crippen molar-refractivity contribution in [1.29, 1.82) is 0 Å². The lowest BCUT2D eigenvalue weighted by molar-refractivity contribution is -0.0786. The number of aryl methyl sites for hydroxylation is 1. The zero-order chi connectivity index (χ0) is 14.5. The van der Waals surface area contributed by atoms with Gasteiger partial charge in [0.15, 0.2) is 0 Å². The summed E-state index contributed by atoms with van der Waals surface area (Å²) in [6.07, 6.45) is -0.0291. The molecule has 0 aromatic heterocycles. The van der Waals surface area contributed by atoms with Crippen LogP contribution in [0.2, 0.25) is 0 Å². The maximum Gasteiger partial charge on any atom is 0.122 e. The molecule has 4 heteroatoms. The minimum absolute atomic E-state index is 0.225. The van der Waals surface area contributed by atoms with Crippen molar-refractivity contribution >= 4 is 0 Å². The van der Waals surface area contributed by atoms with Crippen LogP contribution in [0.15, 0.2) is 24.3 Å². The smallest absolute Gasteiger partial charge is 0.122 e. The minimum Gasteiger partial charge on any atom is -0.491 e. The second kappa shape index (κ2) is 7.07. The Labute approximate surface area is 121 Å². The largest absolute Gasteiger partial charge is 0.491 e. The Bertz CT molecular complexity index is 414. The Morgan fingerprint density at radius 1 is 1.30 bits per heavy atom. The third-order valence-corrected chi connectivity index (χ3v) is 3.49. The highest BCUT2D eigenvalue weighted by atomic mass is 16.5. The molecule has 1 aromatic rings. The number of rotatable bonds is 5. The summed E-state index contributed by atoms with van der Waals surface area (Å²) in [4.78, 5) is 2.24. The fraction of sp³-hybridized carbons (Fsp3) is 0.625. The molecule has 1 saturated heterocycles. The third kappa shape index (κ3) is 4.47. The van der Waals surface area contributed by atoms with Gasteiger partial charge in [0.25, 0.3) is 0 Å². The normalized spacial score (nSPS) is 25.4. The number of benzene rings is 1. The second-order valence-electron chi connectivity index (χ2n) is 5.71. The van der Waals surface area contributed by atoms with Crippen LogP contribution in [0.4, 0.5) is 0 Å². The predicted molar refractivity (Wildman–Crippen MR) is 79.1 cm³/mol. The van der Waals surface area contributed by atoms with Gasteiger partial charge in [0, 0.05) is 19.6 Å². The first-order chi connectivity index (χ1) is 9.54. The molecule has 1 aliphatic heterocycles. The number of aliphatic hydroxyl groups is 1. The molecule has 1 fully saturated rings. The number of ether oxygens (including phenoxy) is 2. The van der Waals surface area contributed by atoms with Crippen molar-refractivity contribution in [3.05, 3.63) is 29.8 Å². The van der Waals surface area contributed by atoms with E-state index < -0.39 is 6.10 Å². The van der Waals surface area contributed by atoms with Crippen molar-refractivity contribution in [2.45, 2.75) is 39.1 Å². The van der Waals surface area contributed by atoms with E-state index >= 15 is 0 Å². The average molecular weight is 279 g/mol. The Balaban J connectivity index is 1.78. The van der Waals surface area contributed by atoms with E-state index in [1.165, 1.54) is 0 Å². The van der Waals surface area contributed by atoms with E-state index in [0.717, 1.165) is 24.4 Å². The second-order valence-corrected chi connectivity index (χ2v) is 5.71. The quantitative estimate of drug-likeness (QED) is 0.893. The van der Waals surface area contributed by atoms with Crippen LogP contribution in [0.3, 0.4) is 0 Å². The van der Waals surface area contributed by atoms with Crippen LogP contribution < -0.4 is 4.74 Å². The van der Waals surface area contributed by atoms with Gasteiger partial charge < -0.3 is 14.6 Å². The molecule has 1 aliphatic rings. The van der Waals surface area contributed by atoms with Crippen LogP contribution in [0.25, 0.3) is 0 Å². The number of morpholine rings is 1. The van der Waals surface area contributed by atoms with Crippen LogP contribution in [0.1, 0.15) is 19.4 Å². The topological polar surface area (TPSA) is 41.9 Å². The predicted octanol–water partition coefficient (Wildman–Crippen LogP) is 1.84. The van der Waals surface area contributed by atoms with Crippen LogP contribution in [-0.2, 0) is 4.74 Å². The maximum atomic E-state index is 10.1. The fourth-order valence-electron chi connectivity index (χ4n) is 2.69. The molecule has 0 radical (unpaired) electrons. The van der Waals surface area contributed by atoms with E-state index in [1.54, 1.807) is 0 Å². The first kappa shape index (κ1) is 15.3. The summed E-state index contributed by atoms with van der Waals surface area (Å²) in [6, 6.07) is 7.86. The number of nitrogens with zero attached hydrogens (tertiary/aromatic N) is 1. The number of β-amino-alcohol motifs (C(OH)–C–C–N with tert-alkyl or cyclic N) is 1. The van der Waals surface area contributed by atoms with Gasteiger partial charge in [0.05, 0.1) is 12.2 Å². The molecule has 0 aliphatic carbocycles. The first-order valence-electron chi connectivity index (χ1n) is 7.29. The summed E-state index contributed by atoms with van der Waals surface area (Å²) in [5.41, 5.74) is 1.09. The third-order valence-electron chi connectivity index (χ3n) is 3.49. The molecule has 0 unspecified atom stereocenters. The molecule has 0 bridgehead atoms. The van der Waals surface area contributed by atoms with E-state index in [0.29, 0.717) is 13.2 Å². The molecule has 1 heterocycles. The van der Waals surface area contributed by atoms with E-state index in [9.17, 15) is 5.11 Å². The van der Waals surface area contributed by atoms with Gasteiger partial charge in [0.1, 0.15) is 18.5 Å². The highest BCUT2D eigenvalue weighted by Gasteiger charge is 2.23. The summed E-state index contributed by atoms with van der Waals surface area (Å²) in [6.45, 7) is 8.83. The van der Waals surface area contributed by atoms with Crippen molar-refractivity contribution in [1.82, 2.24) is 4.90 Å². The van der Waals surface area contributed by atoms with Crippen LogP contribution >= 0.6 is 0 Å². The molecular formula is C16H25NO3. The van der Waals surface area contributed by atoms with Gasteiger partial charge in [-0.1, -0.05) is 18.2 Å². The Morgan fingerprint density at radius 2 is 1.95 bits per heavy atom. The summed E-state index contributed by atoms with van der Waals surface area (Å²) in [5, 5.41) is 10.1. The first-order valence-corrected chi connectivity index (χ1v) is 7.29. The average Bonchev–Trinajstić information content (AvgIpc) is 2.36. The number of hydrogen-bond acceptors (Lipinski definition) is 4. The van der Waals surface area contributed by atoms with Crippen molar-refractivity contribution in [2.75, 3.05) is 26.2 Å². The summed E-state index contributed by atoms with van der Waals surface area (Å²) in [5.74, 6) is 0.843. The summed E-state index contributed by atoms with van der Waals surface area (Å²) in [7, 11) is 0. The highest BCUT2D eigenvalue weighted by molar-refractivity contribution is 5.31. The molecule has 1 N–H and O–H groups in total. The van der Waals surface area contributed by atoms with E-state index in [4.69, 9.17) is 9.47 Å². The van der Waals surface area contributed by atoms with Crippen molar-refractivity contribution in [3.63, 3.8) is 0 Å². The molecule has 0 spiro atoms. The van der Waals surface area contributed by atoms with Gasteiger partial charge in [0.2, 0.25) is 0 Å². The number of para-hydroxylation sites is 1. The molecule has 4 nitrogen and oxygen atoms in total. The molecule has 0 amide bonds. The van der Waals surface area contributed by atoms with Crippen molar-refractivity contribution in [2.24, 2.45) is 0 Å². The van der Waals surface area contributed by atoms with Crippen molar-refractivity contribution < 1.29 is 14.6 Å². The van der Waals surface area contributed by atoms with E-state index in [1.807, 2.05) is 31.2 Å². The van der Waals surface area contributed by atoms with Crippen molar-refractivity contribution in [3.8, 4) is 5.75 Å². The van der Waals surface area contributed by atoms with Gasteiger partial charge >= 0.3 is 0 Å². The lowest BCUT2D eigenvalue weighted by Gasteiger charge is -2.36. The molecular weight excluding hydrogens is 254 g/mol. The molecule has 2 rings (SSSR count). The Morgan fingerprint density at radius 3 is 2.60 bits per heavy atom. The fourth-order valence-corrected chi connectivity index (χ4v) is 2.69. The minimum atomic E-state index is -0.480. The molecule has 1 aromatic carbocycles. The van der Waals surface area contributed by atoms with E-state index in [-0.39, 0.29) is 12.2 Å². The van der Waals surface area contributed by atoms with Gasteiger partial charge in [-0.05, 0) is 32.4 Å². The van der Waals surface area contributed by atoms with Gasteiger partial charge in [-0.3, -0.25) is 4.90 Å². The number of hydrogen-bond donors (Lipinski definition) is 1. The molecule has 112 valence electrons.